The fourth-order valence-electron chi connectivity index (χ4n) is 4.75. The number of fused-ring (bicyclic) bond motifs is 1. The number of hydrogen-bond donors (Lipinski definition) is 2. The van der Waals surface area contributed by atoms with Crippen LogP contribution in [0.2, 0.25) is 0 Å². The van der Waals surface area contributed by atoms with Gasteiger partial charge < -0.3 is 19.5 Å². The van der Waals surface area contributed by atoms with E-state index in [-0.39, 0.29) is 30.2 Å². The summed E-state index contributed by atoms with van der Waals surface area (Å²) in [5.74, 6) is 1.69. The Hall–Kier alpha value is -5.33. The quantitative estimate of drug-likeness (QED) is 0.203. The van der Waals surface area contributed by atoms with E-state index in [1.165, 1.54) is 31.3 Å². The van der Waals surface area contributed by atoms with E-state index in [1.807, 2.05) is 0 Å². The van der Waals surface area contributed by atoms with Crippen LogP contribution in [-0.4, -0.2) is 46.2 Å². The predicted molar refractivity (Wildman–Crippen MR) is 152 cm³/mol. The topological polar surface area (TPSA) is 112 Å². The number of halogens is 3. The lowest BCUT2D eigenvalue weighted by Gasteiger charge is -2.16. The molecule has 1 saturated carbocycles. The highest BCUT2D eigenvalue weighted by Gasteiger charge is 2.66. The van der Waals surface area contributed by atoms with Gasteiger partial charge in [0.05, 0.1) is 36.5 Å². The third kappa shape index (κ3) is 5.36. The molecule has 3 aromatic carbocycles. The summed E-state index contributed by atoms with van der Waals surface area (Å²) in [6.45, 7) is 0. The van der Waals surface area contributed by atoms with Gasteiger partial charge in [-0.25, -0.2) is 19.4 Å². The Labute approximate surface area is 243 Å². The van der Waals surface area contributed by atoms with Crippen molar-refractivity contribution in [2.45, 2.75) is 24.4 Å². The fraction of sp³-hybridized carbons (Fsp3) is 0.200. The van der Waals surface area contributed by atoms with Crippen LogP contribution in [0.15, 0.2) is 79.1 Å². The molecule has 13 heteroatoms. The third-order valence-electron chi connectivity index (χ3n) is 7.15. The molecule has 2 N–H and O–H groups in total. The Bertz CT molecular complexity index is 1810. The zero-order chi connectivity index (χ0) is 30.2. The van der Waals surface area contributed by atoms with Crippen molar-refractivity contribution in [3.8, 4) is 28.8 Å². The summed E-state index contributed by atoms with van der Waals surface area (Å²) in [5.41, 5.74) is -0.701. The van der Waals surface area contributed by atoms with Crippen LogP contribution in [0, 0.1) is 0 Å². The second-order valence-corrected chi connectivity index (χ2v) is 9.85. The maximum atomic E-state index is 13.8. The van der Waals surface area contributed by atoms with Crippen molar-refractivity contribution < 1.29 is 32.2 Å². The van der Waals surface area contributed by atoms with Gasteiger partial charge in [0.25, 0.3) is 0 Å². The first-order valence-corrected chi connectivity index (χ1v) is 13.2. The molecular weight excluding hydrogens is 565 g/mol. The van der Waals surface area contributed by atoms with E-state index < -0.39 is 17.6 Å². The summed E-state index contributed by atoms with van der Waals surface area (Å²) in [7, 11) is 3.04. The van der Waals surface area contributed by atoms with E-state index in [0.717, 1.165) is 0 Å². The molecule has 0 unspecified atom stereocenters. The van der Waals surface area contributed by atoms with Gasteiger partial charge in [0, 0.05) is 23.9 Å². The van der Waals surface area contributed by atoms with E-state index in [4.69, 9.17) is 14.2 Å². The Morgan fingerprint density at radius 1 is 0.907 bits per heavy atom. The number of urea groups is 1. The standard InChI is InChI=1S/C30H25F3N6O4/c1-41-23-14-21-22(15-24(23)42-2)34-17-35-27(21)43-20-10-6-7-18(13-20)36-28(40)37-26-16-25(29(11-12-29)30(31,32)33)38-39(26)19-8-4-3-5-9-19/h3-10,13-17H,11-12H2,1-2H3,(H2,36,37,40). The molecule has 0 radical (unpaired) electrons. The number of amides is 2. The average Bonchev–Trinajstić information content (AvgIpc) is 3.73. The second kappa shape index (κ2) is 10.8. The maximum absolute atomic E-state index is 13.8. The molecule has 0 spiro atoms. The molecule has 43 heavy (non-hydrogen) atoms. The highest BCUT2D eigenvalue weighted by atomic mass is 19.4. The monoisotopic (exact) mass is 590 g/mol. The lowest BCUT2D eigenvalue weighted by molar-refractivity contribution is -0.161. The molecule has 2 amide bonds. The van der Waals surface area contributed by atoms with Gasteiger partial charge in [0.1, 0.15) is 23.3 Å². The summed E-state index contributed by atoms with van der Waals surface area (Å²) >= 11 is 0. The number of carbonyl (C=O) groups excluding carboxylic acids is 1. The van der Waals surface area contributed by atoms with E-state index >= 15 is 0 Å². The lowest BCUT2D eigenvalue weighted by Crippen LogP contribution is -2.29. The number of alkyl halides is 3. The van der Waals surface area contributed by atoms with E-state index in [0.29, 0.717) is 39.5 Å². The van der Waals surface area contributed by atoms with Gasteiger partial charge >= 0.3 is 12.2 Å². The molecule has 1 aliphatic carbocycles. The van der Waals surface area contributed by atoms with Gasteiger partial charge in [-0.05, 0) is 43.2 Å². The van der Waals surface area contributed by atoms with Crippen molar-refractivity contribution in [1.29, 1.82) is 0 Å². The van der Waals surface area contributed by atoms with Crippen LogP contribution < -0.4 is 24.8 Å². The Morgan fingerprint density at radius 3 is 2.35 bits per heavy atom. The largest absolute Gasteiger partial charge is 0.493 e. The Kier molecular flexibility index (Phi) is 7.00. The number of para-hydroxylation sites is 1. The smallest absolute Gasteiger partial charge is 0.400 e. The number of anilines is 2. The second-order valence-electron chi connectivity index (χ2n) is 9.85. The van der Waals surface area contributed by atoms with Gasteiger partial charge in [0.15, 0.2) is 11.5 Å². The van der Waals surface area contributed by atoms with Crippen LogP contribution in [0.4, 0.5) is 29.5 Å². The van der Waals surface area contributed by atoms with E-state index in [2.05, 4.69) is 25.7 Å². The van der Waals surface area contributed by atoms with Crippen molar-refractivity contribution in [3.63, 3.8) is 0 Å². The van der Waals surface area contributed by atoms with Gasteiger partial charge in [-0.3, -0.25) is 5.32 Å². The highest BCUT2D eigenvalue weighted by molar-refractivity contribution is 5.99. The van der Waals surface area contributed by atoms with Gasteiger partial charge in [-0.15, -0.1) is 0 Å². The van der Waals surface area contributed by atoms with Crippen LogP contribution >= 0.6 is 0 Å². The van der Waals surface area contributed by atoms with Crippen molar-refractivity contribution in [1.82, 2.24) is 19.7 Å². The van der Waals surface area contributed by atoms with Crippen LogP contribution in [0.5, 0.6) is 23.1 Å². The summed E-state index contributed by atoms with van der Waals surface area (Å²) in [5, 5.41) is 10.2. The summed E-state index contributed by atoms with van der Waals surface area (Å²) in [6.07, 6.45) is -3.20. The van der Waals surface area contributed by atoms with Gasteiger partial charge in [0.2, 0.25) is 5.88 Å². The summed E-state index contributed by atoms with van der Waals surface area (Å²) < 4.78 is 59.6. The number of carbonyl (C=O) groups is 1. The Balaban J connectivity index is 1.23. The molecule has 220 valence electrons. The van der Waals surface area contributed by atoms with Crippen molar-refractivity contribution in [3.05, 3.63) is 84.8 Å². The number of hydrogen-bond acceptors (Lipinski definition) is 7. The zero-order valence-electron chi connectivity index (χ0n) is 23.0. The molecule has 6 rings (SSSR count). The first-order valence-electron chi connectivity index (χ1n) is 13.2. The van der Waals surface area contributed by atoms with Crippen LogP contribution in [0.3, 0.4) is 0 Å². The molecular formula is C30H25F3N6O4. The van der Waals surface area contributed by atoms with Crippen molar-refractivity contribution in [2.24, 2.45) is 0 Å². The molecule has 2 aromatic heterocycles. The number of aromatic nitrogens is 4. The molecule has 0 bridgehead atoms. The molecule has 5 aromatic rings. The number of nitrogens with zero attached hydrogens (tertiary/aromatic N) is 4. The molecule has 0 saturated heterocycles. The zero-order valence-corrected chi connectivity index (χ0v) is 23.0. The van der Waals surface area contributed by atoms with Gasteiger partial charge in [-0.2, -0.15) is 18.3 Å². The van der Waals surface area contributed by atoms with E-state index in [9.17, 15) is 18.0 Å². The number of ether oxygens (including phenoxy) is 3. The summed E-state index contributed by atoms with van der Waals surface area (Å²) in [6, 6.07) is 19.2. The lowest BCUT2D eigenvalue weighted by atomic mass is 10.0. The summed E-state index contributed by atoms with van der Waals surface area (Å²) in [4.78, 5) is 21.5. The first kappa shape index (κ1) is 27.8. The van der Waals surface area contributed by atoms with Crippen LogP contribution in [0.1, 0.15) is 18.5 Å². The fourth-order valence-corrected chi connectivity index (χ4v) is 4.75. The minimum absolute atomic E-state index is 0.0529. The van der Waals surface area contributed by atoms with Gasteiger partial charge in [-0.1, -0.05) is 24.3 Å². The number of benzene rings is 3. The molecule has 10 nitrogen and oxygen atoms in total. The van der Waals surface area contributed by atoms with Crippen molar-refractivity contribution >= 4 is 28.4 Å². The normalized spacial score (nSPS) is 13.8. The van der Waals surface area contributed by atoms with E-state index in [1.54, 1.807) is 66.7 Å². The van der Waals surface area contributed by atoms with Crippen molar-refractivity contribution in [2.75, 3.05) is 24.9 Å². The SMILES string of the molecule is COc1cc2ncnc(Oc3cccc(NC(=O)Nc4cc(C5(C(F)(F)F)CC5)nn4-c4ccccc4)c3)c2cc1OC. The number of methoxy groups -OCH3 is 2. The van der Waals surface area contributed by atoms with Crippen LogP contribution in [-0.2, 0) is 5.41 Å². The third-order valence-corrected chi connectivity index (χ3v) is 7.15. The highest BCUT2D eigenvalue weighted by Crippen LogP contribution is 2.58. The maximum Gasteiger partial charge on any atom is 0.400 e. The Morgan fingerprint density at radius 2 is 1.65 bits per heavy atom. The molecule has 2 heterocycles. The van der Waals surface area contributed by atoms with Crippen LogP contribution in [0.25, 0.3) is 16.6 Å². The first-order chi connectivity index (χ1) is 20.7. The predicted octanol–water partition coefficient (Wildman–Crippen LogP) is 6.86. The molecule has 0 atom stereocenters. The minimum atomic E-state index is -4.45. The number of rotatable bonds is 8. The molecule has 0 aliphatic heterocycles. The molecule has 1 aliphatic rings. The minimum Gasteiger partial charge on any atom is -0.493 e. The number of nitrogens with one attached hydrogen (secondary N) is 2. The average molecular weight is 591 g/mol. The molecule has 1 fully saturated rings.